The zero-order chi connectivity index (χ0) is 22.9. The number of nitrogens with zero attached hydrogens (tertiary/aromatic N) is 1. The van der Waals surface area contributed by atoms with Crippen molar-refractivity contribution in [3.63, 3.8) is 0 Å². The number of carbonyl (C=O) groups excluding carboxylic acids is 2. The van der Waals surface area contributed by atoms with Crippen molar-refractivity contribution in [3.05, 3.63) is 29.8 Å². The van der Waals surface area contributed by atoms with Gasteiger partial charge in [-0.3, -0.25) is 9.59 Å². The fourth-order valence-corrected chi connectivity index (χ4v) is 6.19. The molecule has 192 valence electrons. The van der Waals surface area contributed by atoms with Crippen LogP contribution in [0.5, 0.6) is 0 Å². The van der Waals surface area contributed by atoms with Gasteiger partial charge in [0.05, 0.1) is 18.7 Å². The maximum Gasteiger partial charge on any atom is 0.247 e. The molecule has 3 aliphatic heterocycles. The fourth-order valence-electron chi connectivity index (χ4n) is 5.07. The van der Waals surface area contributed by atoms with Crippen LogP contribution in [0.1, 0.15) is 51.6 Å². The largest absolute Gasteiger partial charge is 0.358 e. The molecule has 10 heteroatoms. The number of nitrogens with one attached hydrogen (secondary N) is 3. The third-order valence-electron chi connectivity index (χ3n) is 7.18. The minimum absolute atomic E-state index is 0. The van der Waals surface area contributed by atoms with Crippen LogP contribution in [0.25, 0.3) is 0 Å². The zero-order valence-corrected chi connectivity index (χ0v) is 22.8. The van der Waals surface area contributed by atoms with E-state index in [2.05, 4.69) is 54.1 Å². The highest BCUT2D eigenvalue weighted by Crippen LogP contribution is 2.43. The molecule has 3 aliphatic rings. The van der Waals surface area contributed by atoms with Crippen molar-refractivity contribution in [3.8, 4) is 0 Å². The molecule has 2 amide bonds. The molecule has 3 N–H and O–H groups in total. The number of hydrogen-bond acceptors (Lipinski definition) is 6. The van der Waals surface area contributed by atoms with Gasteiger partial charge in [0.15, 0.2) is 0 Å². The van der Waals surface area contributed by atoms with Crippen LogP contribution in [0.2, 0.25) is 0 Å². The molecule has 0 unspecified atom stereocenters. The fraction of sp³-hybridized carbons (Fsp3) is 0.667. The van der Waals surface area contributed by atoms with E-state index in [1.807, 2.05) is 16.7 Å². The molecule has 34 heavy (non-hydrogen) atoms. The predicted molar refractivity (Wildman–Crippen MR) is 141 cm³/mol. The topological polar surface area (TPSA) is 82.7 Å². The molecule has 0 spiro atoms. The Bertz CT molecular complexity index is 859. The van der Waals surface area contributed by atoms with Gasteiger partial charge in [-0.2, -0.15) is 0 Å². The van der Waals surface area contributed by atoms with Crippen LogP contribution in [0.3, 0.4) is 0 Å². The number of carbonyl (C=O) groups is 2. The number of hydrogen-bond donors (Lipinski definition) is 3. The Morgan fingerprint density at radius 2 is 1.97 bits per heavy atom. The molecule has 2 fully saturated rings. The number of rotatable bonds is 6. The van der Waals surface area contributed by atoms with E-state index in [4.69, 9.17) is 4.74 Å². The van der Waals surface area contributed by atoms with Crippen molar-refractivity contribution in [1.29, 1.82) is 0 Å². The van der Waals surface area contributed by atoms with Crippen LogP contribution in [-0.4, -0.2) is 67.0 Å². The van der Waals surface area contributed by atoms with E-state index in [0.29, 0.717) is 19.6 Å². The summed E-state index contributed by atoms with van der Waals surface area (Å²) in [6.45, 7) is 7.39. The average Bonchev–Trinajstić information content (AvgIpc) is 2.95. The summed E-state index contributed by atoms with van der Waals surface area (Å²) in [5.74, 6) is 0.907. The number of ether oxygens (including phenoxy) is 1. The molecule has 3 heterocycles. The van der Waals surface area contributed by atoms with Crippen LogP contribution in [-0.2, 0) is 14.3 Å². The normalized spacial score (nSPS) is 28.5. The van der Waals surface area contributed by atoms with Gasteiger partial charge < -0.3 is 25.6 Å². The van der Waals surface area contributed by atoms with Crippen molar-refractivity contribution < 1.29 is 14.3 Å². The number of amides is 2. The molecule has 4 rings (SSSR count). The second-order valence-electron chi connectivity index (χ2n) is 9.78. The number of benzene rings is 1. The van der Waals surface area contributed by atoms with Gasteiger partial charge in [0.1, 0.15) is 12.3 Å². The lowest BCUT2D eigenvalue weighted by Gasteiger charge is -2.36. The molecule has 0 radical (unpaired) electrons. The summed E-state index contributed by atoms with van der Waals surface area (Å²) in [6, 6.07) is 7.98. The third kappa shape index (κ3) is 6.02. The summed E-state index contributed by atoms with van der Waals surface area (Å²) in [6.07, 6.45) is 2.14. The van der Waals surface area contributed by atoms with Crippen molar-refractivity contribution in [2.45, 2.75) is 75.3 Å². The van der Waals surface area contributed by atoms with Gasteiger partial charge in [-0.25, -0.2) is 0 Å². The molecule has 5 atom stereocenters. The number of halogens is 2. The lowest BCUT2D eigenvalue weighted by atomic mass is 9.84. The monoisotopic (exact) mass is 532 g/mol. The maximum atomic E-state index is 13.6. The lowest BCUT2D eigenvalue weighted by Crippen LogP contribution is -2.56. The van der Waals surface area contributed by atoms with Crippen LogP contribution in [0.15, 0.2) is 29.2 Å². The Hall–Kier alpha value is -1.03. The van der Waals surface area contributed by atoms with Crippen LogP contribution in [0.4, 0.5) is 0 Å². The molecule has 0 aliphatic carbocycles. The lowest BCUT2D eigenvalue weighted by molar-refractivity contribution is -0.144. The highest BCUT2D eigenvalue weighted by atomic mass is 35.5. The third-order valence-corrected chi connectivity index (χ3v) is 8.30. The second-order valence-corrected chi connectivity index (χ2v) is 10.9. The van der Waals surface area contributed by atoms with Crippen molar-refractivity contribution in [1.82, 2.24) is 20.9 Å². The summed E-state index contributed by atoms with van der Waals surface area (Å²) in [7, 11) is 1.74. The quantitative estimate of drug-likeness (QED) is 0.522. The predicted octanol–water partition coefficient (Wildman–Crippen LogP) is 3.12. The summed E-state index contributed by atoms with van der Waals surface area (Å²) in [5, 5.41) is 9.65. The highest BCUT2D eigenvalue weighted by molar-refractivity contribution is 7.99. The molecule has 2 saturated heterocycles. The van der Waals surface area contributed by atoms with E-state index in [1.165, 1.54) is 10.5 Å². The molecule has 7 nitrogen and oxygen atoms in total. The molecule has 1 aromatic rings. The molecule has 0 aromatic heterocycles. The Kier molecular flexibility index (Phi) is 10.5. The SMILES string of the molecule is CN[C@@H](C)C(=O)N[C@H]1CCO[C@H]2CC(C)(C)[C@@H](CN[C@@H]3CCSc4ccccc43)N2C1=O.Cl.Cl. The number of fused-ring (bicyclic) bond motifs is 2. The smallest absolute Gasteiger partial charge is 0.247 e. The summed E-state index contributed by atoms with van der Waals surface area (Å²) >= 11 is 1.91. The Balaban J connectivity index is 0.00000204. The van der Waals surface area contributed by atoms with E-state index in [9.17, 15) is 9.59 Å². The first-order valence-electron chi connectivity index (χ1n) is 11.7. The van der Waals surface area contributed by atoms with E-state index < -0.39 is 6.04 Å². The molecular weight excluding hydrogens is 495 g/mol. The van der Waals surface area contributed by atoms with Gasteiger partial charge in [-0.1, -0.05) is 32.0 Å². The minimum Gasteiger partial charge on any atom is -0.358 e. The van der Waals surface area contributed by atoms with Crippen LogP contribution >= 0.6 is 36.6 Å². The zero-order valence-electron chi connectivity index (χ0n) is 20.3. The first kappa shape index (κ1) is 29.2. The highest BCUT2D eigenvalue weighted by Gasteiger charge is 2.51. The number of likely N-dealkylation sites (N-methyl/N-ethyl adjacent to an activating group) is 1. The first-order chi connectivity index (χ1) is 15.3. The summed E-state index contributed by atoms with van der Waals surface area (Å²) < 4.78 is 6.12. The molecule has 1 aromatic carbocycles. The Morgan fingerprint density at radius 3 is 2.71 bits per heavy atom. The second kappa shape index (κ2) is 12.3. The Labute approximate surface area is 219 Å². The van der Waals surface area contributed by atoms with Gasteiger partial charge in [-0.15, -0.1) is 36.6 Å². The Morgan fingerprint density at radius 1 is 1.24 bits per heavy atom. The van der Waals surface area contributed by atoms with Gasteiger partial charge in [0.25, 0.3) is 0 Å². The first-order valence-corrected chi connectivity index (χ1v) is 12.7. The average molecular weight is 534 g/mol. The molecule has 0 saturated carbocycles. The van der Waals surface area contributed by atoms with Gasteiger partial charge >= 0.3 is 0 Å². The standard InChI is InChI=1S/C24H36N4O3S.2ClH/c1-15(25-4)22(29)27-18-9-11-31-21-13-24(2,3)20(28(21)23(18)30)14-26-17-10-12-32-19-8-6-5-7-16(17)19;;/h5-8,15,17-18,20-21,25-26H,9-14H2,1-4H3,(H,27,29);2*1H/t15-,17+,18-,20+,21-;;/m0../s1. The number of thioether (sulfide) groups is 1. The van der Waals surface area contributed by atoms with Gasteiger partial charge in [0, 0.05) is 23.9 Å². The maximum absolute atomic E-state index is 13.6. The van der Waals surface area contributed by atoms with Crippen LogP contribution in [0, 0.1) is 5.41 Å². The van der Waals surface area contributed by atoms with Crippen molar-refractivity contribution in [2.75, 3.05) is 26.0 Å². The van der Waals surface area contributed by atoms with E-state index in [-0.39, 0.29) is 66.4 Å². The van der Waals surface area contributed by atoms with Crippen molar-refractivity contribution >= 4 is 48.4 Å². The molecular formula is C24H38Cl2N4O3S. The summed E-state index contributed by atoms with van der Waals surface area (Å²) in [5.41, 5.74) is 1.26. The van der Waals surface area contributed by atoms with Crippen molar-refractivity contribution in [2.24, 2.45) is 5.41 Å². The molecule has 0 bridgehead atoms. The van der Waals surface area contributed by atoms with Gasteiger partial charge in [0.2, 0.25) is 11.8 Å². The summed E-state index contributed by atoms with van der Waals surface area (Å²) in [4.78, 5) is 29.3. The van der Waals surface area contributed by atoms with E-state index in [1.54, 1.807) is 14.0 Å². The van der Waals surface area contributed by atoms with E-state index >= 15 is 0 Å². The van der Waals surface area contributed by atoms with Gasteiger partial charge in [-0.05, 0) is 49.6 Å². The van der Waals surface area contributed by atoms with E-state index in [0.717, 1.165) is 18.6 Å². The minimum atomic E-state index is -0.550. The van der Waals surface area contributed by atoms with Crippen LogP contribution < -0.4 is 16.0 Å².